The van der Waals surface area contributed by atoms with Gasteiger partial charge in [-0.25, -0.2) is 0 Å². The predicted octanol–water partition coefficient (Wildman–Crippen LogP) is 1.27. The van der Waals surface area contributed by atoms with E-state index in [4.69, 9.17) is 11.1 Å². The molecular weight excluding hydrogens is 250 g/mol. The zero-order chi connectivity index (χ0) is 14.3. The summed E-state index contributed by atoms with van der Waals surface area (Å²) in [5.74, 6) is 0.124. The van der Waals surface area contributed by atoms with Crippen molar-refractivity contribution < 1.29 is 0 Å². The van der Waals surface area contributed by atoms with Gasteiger partial charge in [0.1, 0.15) is 5.84 Å². The van der Waals surface area contributed by atoms with Crippen LogP contribution < -0.4 is 10.6 Å². The number of hydrogen-bond acceptors (Lipinski definition) is 4. The molecule has 0 saturated carbocycles. The monoisotopic (exact) mass is 273 g/mol. The maximum Gasteiger partial charge on any atom is 0.126 e. The maximum atomic E-state index is 7.85. The van der Waals surface area contributed by atoms with E-state index in [1.54, 1.807) is 0 Å². The molecule has 0 aliphatic carbocycles. The fourth-order valence-electron chi connectivity index (χ4n) is 3.60. The highest BCUT2D eigenvalue weighted by Gasteiger charge is 2.31. The zero-order valence-electron chi connectivity index (χ0n) is 12.3. The van der Waals surface area contributed by atoms with E-state index in [9.17, 15) is 0 Å². The molecular formula is C15H23N5. The summed E-state index contributed by atoms with van der Waals surface area (Å²) in [4.78, 5) is 9.44. The molecule has 20 heavy (non-hydrogen) atoms. The zero-order valence-corrected chi connectivity index (χ0v) is 12.3. The largest absolute Gasteiger partial charge is 0.384 e. The lowest BCUT2D eigenvalue weighted by Crippen LogP contribution is -2.50. The number of rotatable bonds is 2. The summed E-state index contributed by atoms with van der Waals surface area (Å²) in [5, 5.41) is 7.85. The standard InChI is InChI=1S/C15H23N5/c1-10-8-13(14(15(16)17)11(2)18-10)20-7-6-19-5-3-4-12(19)9-20/h8,12H,3-7,9H2,1-2H3,(H3,16,17). The third-order valence-electron chi connectivity index (χ3n) is 4.50. The average Bonchev–Trinajstić information content (AvgIpc) is 2.84. The first-order chi connectivity index (χ1) is 9.56. The molecule has 0 bridgehead atoms. The number of piperazine rings is 1. The van der Waals surface area contributed by atoms with Crippen LogP contribution in [0.5, 0.6) is 0 Å². The van der Waals surface area contributed by atoms with Crippen molar-refractivity contribution in [2.75, 3.05) is 31.1 Å². The molecule has 2 aliphatic heterocycles. The highest BCUT2D eigenvalue weighted by molar-refractivity contribution is 6.01. The molecule has 3 rings (SSSR count). The van der Waals surface area contributed by atoms with Crippen molar-refractivity contribution in [3.05, 3.63) is 23.0 Å². The van der Waals surface area contributed by atoms with E-state index in [2.05, 4.69) is 20.9 Å². The Kier molecular flexibility index (Phi) is 3.38. The third kappa shape index (κ3) is 2.26. The molecule has 5 nitrogen and oxygen atoms in total. The lowest BCUT2D eigenvalue weighted by molar-refractivity contribution is 0.231. The summed E-state index contributed by atoms with van der Waals surface area (Å²) in [6.45, 7) is 8.36. The van der Waals surface area contributed by atoms with Gasteiger partial charge in [0.05, 0.1) is 16.9 Å². The number of amidine groups is 1. The molecule has 0 spiro atoms. The second-order valence-corrected chi connectivity index (χ2v) is 5.93. The fourth-order valence-corrected chi connectivity index (χ4v) is 3.60. The minimum Gasteiger partial charge on any atom is -0.384 e. The number of hydrogen-bond donors (Lipinski definition) is 2. The van der Waals surface area contributed by atoms with E-state index < -0.39 is 0 Å². The van der Waals surface area contributed by atoms with Crippen LogP contribution in [0.1, 0.15) is 29.8 Å². The van der Waals surface area contributed by atoms with E-state index in [0.29, 0.717) is 6.04 Å². The Morgan fingerprint density at radius 3 is 2.90 bits per heavy atom. The Hall–Kier alpha value is -1.62. The minimum atomic E-state index is 0.124. The Labute approximate surface area is 120 Å². The fraction of sp³-hybridized carbons (Fsp3) is 0.600. The number of nitrogens with two attached hydrogens (primary N) is 1. The van der Waals surface area contributed by atoms with Crippen LogP contribution in [0.4, 0.5) is 5.69 Å². The van der Waals surface area contributed by atoms with Gasteiger partial charge in [-0.05, 0) is 39.3 Å². The normalized spacial score (nSPS) is 22.9. The van der Waals surface area contributed by atoms with Crippen LogP contribution in [0.2, 0.25) is 0 Å². The Balaban J connectivity index is 1.95. The number of aryl methyl sites for hydroxylation is 2. The first kappa shape index (κ1) is 13.4. The summed E-state index contributed by atoms with van der Waals surface area (Å²) in [5.41, 5.74) is 9.54. The van der Waals surface area contributed by atoms with Gasteiger partial charge in [-0.3, -0.25) is 15.3 Å². The van der Waals surface area contributed by atoms with Crippen LogP contribution in [-0.2, 0) is 0 Å². The maximum absolute atomic E-state index is 7.85. The molecule has 1 aromatic rings. The van der Waals surface area contributed by atoms with Crippen LogP contribution in [0.15, 0.2) is 6.07 Å². The van der Waals surface area contributed by atoms with Gasteiger partial charge in [0.15, 0.2) is 0 Å². The lowest BCUT2D eigenvalue weighted by Gasteiger charge is -2.39. The summed E-state index contributed by atoms with van der Waals surface area (Å²) in [7, 11) is 0. The molecule has 3 N–H and O–H groups in total. The van der Waals surface area contributed by atoms with Crippen LogP contribution in [0.3, 0.4) is 0 Å². The van der Waals surface area contributed by atoms with E-state index >= 15 is 0 Å². The SMILES string of the molecule is Cc1cc(N2CCN3CCCC3C2)c(C(=N)N)c(C)n1. The smallest absolute Gasteiger partial charge is 0.126 e. The first-order valence-electron chi connectivity index (χ1n) is 7.38. The van der Waals surface area contributed by atoms with Gasteiger partial charge in [0.2, 0.25) is 0 Å². The number of nitrogens with zero attached hydrogens (tertiary/aromatic N) is 3. The molecule has 1 aromatic heterocycles. The Morgan fingerprint density at radius 2 is 2.15 bits per heavy atom. The number of pyridine rings is 1. The van der Waals surface area contributed by atoms with Crippen molar-refractivity contribution in [3.8, 4) is 0 Å². The Bertz CT molecular complexity index is 539. The van der Waals surface area contributed by atoms with E-state index in [-0.39, 0.29) is 5.84 Å². The molecule has 108 valence electrons. The van der Waals surface area contributed by atoms with Crippen LogP contribution in [0, 0.1) is 19.3 Å². The third-order valence-corrected chi connectivity index (χ3v) is 4.50. The van der Waals surface area contributed by atoms with Gasteiger partial charge in [0, 0.05) is 31.4 Å². The molecule has 0 radical (unpaired) electrons. The van der Waals surface area contributed by atoms with Gasteiger partial charge >= 0.3 is 0 Å². The van der Waals surface area contributed by atoms with Crippen molar-refractivity contribution in [3.63, 3.8) is 0 Å². The van der Waals surface area contributed by atoms with Gasteiger partial charge in [-0.1, -0.05) is 0 Å². The average molecular weight is 273 g/mol. The van der Waals surface area contributed by atoms with Gasteiger partial charge < -0.3 is 10.6 Å². The van der Waals surface area contributed by atoms with Crippen molar-refractivity contribution in [2.45, 2.75) is 32.7 Å². The van der Waals surface area contributed by atoms with Gasteiger partial charge in [0.25, 0.3) is 0 Å². The second-order valence-electron chi connectivity index (χ2n) is 5.93. The molecule has 2 aliphatic rings. The topological polar surface area (TPSA) is 69.2 Å². The molecule has 0 amide bonds. The molecule has 5 heteroatoms. The minimum absolute atomic E-state index is 0.124. The number of nitrogens with one attached hydrogen (secondary N) is 1. The Morgan fingerprint density at radius 1 is 1.35 bits per heavy atom. The quantitative estimate of drug-likeness (QED) is 0.629. The number of fused-ring (bicyclic) bond motifs is 1. The van der Waals surface area contributed by atoms with E-state index in [1.165, 1.54) is 19.4 Å². The van der Waals surface area contributed by atoms with E-state index in [1.807, 2.05) is 13.8 Å². The summed E-state index contributed by atoms with van der Waals surface area (Å²) in [6.07, 6.45) is 2.60. The molecule has 2 fully saturated rings. The first-order valence-corrected chi connectivity index (χ1v) is 7.38. The van der Waals surface area contributed by atoms with Gasteiger partial charge in [-0.15, -0.1) is 0 Å². The number of aromatic nitrogens is 1. The summed E-state index contributed by atoms with van der Waals surface area (Å²) >= 11 is 0. The van der Waals surface area contributed by atoms with Crippen LogP contribution >= 0.6 is 0 Å². The van der Waals surface area contributed by atoms with Crippen LogP contribution in [0.25, 0.3) is 0 Å². The highest BCUT2D eigenvalue weighted by Crippen LogP contribution is 2.29. The number of nitrogen functional groups attached to an aromatic ring is 1. The van der Waals surface area contributed by atoms with Gasteiger partial charge in [-0.2, -0.15) is 0 Å². The molecule has 1 atom stereocenters. The molecule has 2 saturated heterocycles. The van der Waals surface area contributed by atoms with Crippen LogP contribution in [-0.4, -0.2) is 47.9 Å². The predicted molar refractivity (Wildman–Crippen MR) is 81.5 cm³/mol. The number of anilines is 1. The molecule has 0 aromatic carbocycles. The van der Waals surface area contributed by atoms with Crippen molar-refractivity contribution in [1.29, 1.82) is 5.41 Å². The van der Waals surface area contributed by atoms with E-state index in [0.717, 1.165) is 42.3 Å². The second kappa shape index (κ2) is 5.05. The van der Waals surface area contributed by atoms with Crippen molar-refractivity contribution in [2.24, 2.45) is 5.73 Å². The summed E-state index contributed by atoms with van der Waals surface area (Å²) in [6, 6.07) is 2.74. The lowest BCUT2D eigenvalue weighted by atomic mass is 10.1. The molecule has 1 unspecified atom stereocenters. The van der Waals surface area contributed by atoms with Crippen molar-refractivity contribution >= 4 is 11.5 Å². The van der Waals surface area contributed by atoms with Crippen molar-refractivity contribution in [1.82, 2.24) is 9.88 Å². The molecule has 3 heterocycles. The highest BCUT2D eigenvalue weighted by atomic mass is 15.3. The summed E-state index contributed by atoms with van der Waals surface area (Å²) < 4.78 is 0.